The third kappa shape index (κ3) is 3.65. The molecule has 0 radical (unpaired) electrons. The van der Waals surface area contributed by atoms with Crippen LogP contribution >= 0.6 is 0 Å². The van der Waals surface area contributed by atoms with Crippen molar-refractivity contribution in [2.24, 2.45) is 5.92 Å². The Labute approximate surface area is 166 Å². The number of nitrogens with one attached hydrogen (secondary N) is 1. The molecule has 1 N–H and O–H groups in total. The van der Waals surface area contributed by atoms with Gasteiger partial charge in [-0.25, -0.2) is 0 Å². The molecule has 0 aliphatic carbocycles. The zero-order valence-corrected chi connectivity index (χ0v) is 16.9. The van der Waals surface area contributed by atoms with Crippen molar-refractivity contribution in [1.82, 2.24) is 15.1 Å². The number of aromatic amines is 1. The topological polar surface area (TPSA) is 67.5 Å². The van der Waals surface area contributed by atoms with Gasteiger partial charge in [0.1, 0.15) is 5.75 Å². The Hall–Kier alpha value is -2.34. The van der Waals surface area contributed by atoms with Crippen LogP contribution in [0.15, 0.2) is 24.3 Å². The number of carbonyl (C=O) groups excluding carboxylic acids is 1. The first-order valence-corrected chi connectivity index (χ1v) is 10.2. The van der Waals surface area contributed by atoms with Crippen molar-refractivity contribution < 1.29 is 14.3 Å². The van der Waals surface area contributed by atoms with Crippen molar-refractivity contribution in [1.29, 1.82) is 0 Å². The standard InChI is InChI=1S/C22H29N3O3/c1-14-12-18-20(15(2)28-14)23-24-21(18)22(26)25-10-8-16(9-11-25)13-17-6-4-5-7-19(17)27-3/h4-7,14-16H,8-13H2,1-3H3,(H,23,24)/t14-,15+/m0/s1. The summed E-state index contributed by atoms with van der Waals surface area (Å²) in [6.45, 7) is 5.61. The normalized spacial score (nSPS) is 22.8. The van der Waals surface area contributed by atoms with Crippen molar-refractivity contribution in [2.75, 3.05) is 20.2 Å². The molecule has 0 bridgehead atoms. The molecule has 3 heterocycles. The molecule has 2 aliphatic heterocycles. The van der Waals surface area contributed by atoms with Crippen LogP contribution in [0.3, 0.4) is 0 Å². The van der Waals surface area contributed by atoms with E-state index in [1.165, 1.54) is 5.56 Å². The number of fused-ring (bicyclic) bond motifs is 1. The molecule has 1 saturated heterocycles. The van der Waals surface area contributed by atoms with Crippen molar-refractivity contribution >= 4 is 5.91 Å². The molecular formula is C22H29N3O3. The van der Waals surface area contributed by atoms with E-state index in [1.54, 1.807) is 7.11 Å². The predicted molar refractivity (Wildman–Crippen MR) is 107 cm³/mol. The van der Waals surface area contributed by atoms with E-state index >= 15 is 0 Å². The van der Waals surface area contributed by atoms with Gasteiger partial charge in [-0.15, -0.1) is 0 Å². The number of H-pyrrole nitrogens is 1. The lowest BCUT2D eigenvalue weighted by Crippen LogP contribution is -2.39. The summed E-state index contributed by atoms with van der Waals surface area (Å²) in [6, 6.07) is 8.21. The van der Waals surface area contributed by atoms with Crippen molar-refractivity contribution in [3.63, 3.8) is 0 Å². The Balaban J connectivity index is 1.40. The van der Waals surface area contributed by atoms with Crippen LogP contribution in [0.1, 0.15) is 60.1 Å². The van der Waals surface area contributed by atoms with Crippen LogP contribution in [0, 0.1) is 5.92 Å². The van der Waals surface area contributed by atoms with Crippen LogP contribution < -0.4 is 4.74 Å². The van der Waals surface area contributed by atoms with Crippen LogP contribution in [0.2, 0.25) is 0 Å². The van der Waals surface area contributed by atoms with Gasteiger partial charge in [-0.1, -0.05) is 18.2 Å². The van der Waals surface area contributed by atoms with Gasteiger partial charge in [0.05, 0.1) is 25.0 Å². The maximum atomic E-state index is 13.1. The molecule has 2 atom stereocenters. The highest BCUT2D eigenvalue weighted by Crippen LogP contribution is 2.32. The van der Waals surface area contributed by atoms with E-state index in [2.05, 4.69) is 22.3 Å². The molecule has 1 aromatic carbocycles. The van der Waals surface area contributed by atoms with Crippen LogP contribution in [0.5, 0.6) is 5.75 Å². The lowest BCUT2D eigenvalue weighted by molar-refractivity contribution is -0.00703. The van der Waals surface area contributed by atoms with Crippen LogP contribution in [0.4, 0.5) is 0 Å². The van der Waals surface area contributed by atoms with E-state index in [-0.39, 0.29) is 18.1 Å². The van der Waals surface area contributed by atoms with E-state index < -0.39 is 0 Å². The van der Waals surface area contributed by atoms with Gasteiger partial charge in [0.15, 0.2) is 5.69 Å². The number of para-hydroxylation sites is 1. The fraction of sp³-hybridized carbons (Fsp3) is 0.545. The molecule has 6 nitrogen and oxygen atoms in total. The Bertz CT molecular complexity index is 839. The van der Waals surface area contributed by atoms with Crippen LogP contribution in [-0.4, -0.2) is 47.3 Å². The molecule has 28 heavy (non-hydrogen) atoms. The van der Waals surface area contributed by atoms with E-state index in [1.807, 2.05) is 30.9 Å². The maximum Gasteiger partial charge on any atom is 0.274 e. The predicted octanol–water partition coefficient (Wildman–Crippen LogP) is 3.54. The smallest absolute Gasteiger partial charge is 0.274 e. The molecule has 2 aliphatic rings. The molecule has 6 heteroatoms. The highest BCUT2D eigenvalue weighted by atomic mass is 16.5. The van der Waals surface area contributed by atoms with Gasteiger partial charge < -0.3 is 14.4 Å². The second-order valence-electron chi connectivity index (χ2n) is 8.01. The first-order valence-electron chi connectivity index (χ1n) is 10.2. The summed E-state index contributed by atoms with van der Waals surface area (Å²) >= 11 is 0. The molecule has 0 unspecified atom stereocenters. The number of nitrogens with zero attached hydrogens (tertiary/aromatic N) is 2. The molecule has 0 spiro atoms. The third-order valence-electron chi connectivity index (χ3n) is 6.04. The van der Waals surface area contributed by atoms with Gasteiger partial charge in [0, 0.05) is 25.1 Å². The summed E-state index contributed by atoms with van der Waals surface area (Å²) in [5.41, 5.74) is 3.82. The van der Waals surface area contributed by atoms with E-state index in [0.717, 1.165) is 55.8 Å². The average molecular weight is 383 g/mol. The van der Waals surface area contributed by atoms with Crippen molar-refractivity contribution in [2.45, 2.75) is 51.7 Å². The quantitative estimate of drug-likeness (QED) is 0.877. The molecule has 1 aromatic heterocycles. The highest BCUT2D eigenvalue weighted by molar-refractivity contribution is 5.94. The van der Waals surface area contributed by atoms with Gasteiger partial charge >= 0.3 is 0 Å². The molecular weight excluding hydrogens is 354 g/mol. The fourth-order valence-electron chi connectivity index (χ4n) is 4.52. The molecule has 4 rings (SSSR count). The lowest BCUT2D eigenvalue weighted by atomic mass is 9.89. The van der Waals surface area contributed by atoms with Gasteiger partial charge in [0.2, 0.25) is 0 Å². The van der Waals surface area contributed by atoms with Crippen molar-refractivity contribution in [3.8, 4) is 5.75 Å². The number of piperidine rings is 1. The SMILES string of the molecule is COc1ccccc1CC1CCN(C(=O)c2n[nH]c3c2C[C@H](C)O[C@@H]3C)CC1. The largest absolute Gasteiger partial charge is 0.496 e. The van der Waals surface area contributed by atoms with Gasteiger partial charge in [-0.05, 0) is 50.7 Å². The highest BCUT2D eigenvalue weighted by Gasteiger charge is 2.32. The number of amides is 1. The minimum absolute atomic E-state index is 0.0422. The van der Waals surface area contributed by atoms with Gasteiger partial charge in [-0.3, -0.25) is 9.89 Å². The van der Waals surface area contributed by atoms with Crippen LogP contribution in [-0.2, 0) is 17.6 Å². The Morgan fingerprint density at radius 1 is 1.29 bits per heavy atom. The number of likely N-dealkylation sites (tertiary alicyclic amines) is 1. The zero-order chi connectivity index (χ0) is 19.7. The first-order chi connectivity index (χ1) is 13.6. The number of hydrogen-bond donors (Lipinski definition) is 1. The first kappa shape index (κ1) is 19.0. The average Bonchev–Trinajstić information content (AvgIpc) is 3.12. The van der Waals surface area contributed by atoms with E-state index in [9.17, 15) is 4.79 Å². The monoisotopic (exact) mass is 383 g/mol. The second-order valence-corrected chi connectivity index (χ2v) is 8.01. The minimum atomic E-state index is -0.0422. The summed E-state index contributed by atoms with van der Waals surface area (Å²) in [5.74, 6) is 1.58. The molecule has 1 amide bonds. The Morgan fingerprint density at radius 2 is 2.04 bits per heavy atom. The number of methoxy groups -OCH3 is 1. The third-order valence-corrected chi connectivity index (χ3v) is 6.04. The summed E-state index contributed by atoms with van der Waals surface area (Å²) in [5, 5.41) is 7.39. The maximum absolute atomic E-state index is 13.1. The minimum Gasteiger partial charge on any atom is -0.496 e. The summed E-state index contributed by atoms with van der Waals surface area (Å²) in [6.07, 6.45) is 3.81. The second kappa shape index (κ2) is 7.95. The molecule has 2 aromatic rings. The summed E-state index contributed by atoms with van der Waals surface area (Å²) in [7, 11) is 1.72. The van der Waals surface area contributed by atoms with Gasteiger partial charge in [-0.2, -0.15) is 5.10 Å². The lowest BCUT2D eigenvalue weighted by Gasteiger charge is -2.32. The number of ether oxygens (including phenoxy) is 2. The number of aromatic nitrogens is 2. The molecule has 1 fully saturated rings. The number of hydrogen-bond acceptors (Lipinski definition) is 4. The summed E-state index contributed by atoms with van der Waals surface area (Å²) < 4.78 is 11.3. The number of benzene rings is 1. The van der Waals surface area contributed by atoms with Crippen LogP contribution in [0.25, 0.3) is 0 Å². The Morgan fingerprint density at radius 3 is 2.79 bits per heavy atom. The fourth-order valence-corrected chi connectivity index (χ4v) is 4.52. The summed E-state index contributed by atoms with van der Waals surface area (Å²) in [4.78, 5) is 15.1. The molecule has 150 valence electrons. The molecule has 0 saturated carbocycles. The zero-order valence-electron chi connectivity index (χ0n) is 16.9. The van der Waals surface area contributed by atoms with E-state index in [0.29, 0.717) is 11.6 Å². The van der Waals surface area contributed by atoms with E-state index in [4.69, 9.17) is 9.47 Å². The Kier molecular flexibility index (Phi) is 5.40. The van der Waals surface area contributed by atoms with Gasteiger partial charge in [0.25, 0.3) is 5.91 Å². The number of carbonyl (C=O) groups is 1. The number of rotatable bonds is 4. The van der Waals surface area contributed by atoms with Crippen molar-refractivity contribution in [3.05, 3.63) is 46.8 Å².